The minimum atomic E-state index is -0.186. The predicted octanol–water partition coefficient (Wildman–Crippen LogP) is 3.82. The van der Waals surface area contributed by atoms with Crippen LogP contribution in [0, 0.1) is 5.92 Å². The zero-order valence-corrected chi connectivity index (χ0v) is 16.9. The second kappa shape index (κ2) is 9.04. The van der Waals surface area contributed by atoms with Gasteiger partial charge >= 0.3 is 0 Å². The fourth-order valence-electron chi connectivity index (χ4n) is 3.67. The van der Waals surface area contributed by atoms with Gasteiger partial charge in [0.1, 0.15) is 11.4 Å². The van der Waals surface area contributed by atoms with Crippen LogP contribution in [0.2, 0.25) is 0 Å². The van der Waals surface area contributed by atoms with E-state index < -0.39 is 0 Å². The SMILES string of the molecule is CCCn1nccc1C(=O)N1CCCC(C(=O)c2cccc(OC(C)C)c2)C1. The molecule has 2 heterocycles. The van der Waals surface area contributed by atoms with Crippen molar-refractivity contribution in [3.63, 3.8) is 0 Å². The van der Waals surface area contributed by atoms with Crippen LogP contribution in [0.15, 0.2) is 36.5 Å². The number of ether oxygens (including phenoxy) is 1. The number of ketones is 1. The average molecular weight is 383 g/mol. The molecule has 6 heteroatoms. The van der Waals surface area contributed by atoms with E-state index in [4.69, 9.17) is 4.74 Å². The van der Waals surface area contributed by atoms with Gasteiger partial charge in [-0.3, -0.25) is 14.3 Å². The zero-order valence-electron chi connectivity index (χ0n) is 16.9. The van der Waals surface area contributed by atoms with Gasteiger partial charge in [0.15, 0.2) is 5.78 Å². The summed E-state index contributed by atoms with van der Waals surface area (Å²) in [5, 5.41) is 4.25. The number of hydrogen-bond acceptors (Lipinski definition) is 4. The van der Waals surface area contributed by atoms with E-state index in [1.54, 1.807) is 27.9 Å². The van der Waals surface area contributed by atoms with Crippen molar-refractivity contribution in [3.8, 4) is 5.75 Å². The first-order valence-electron chi connectivity index (χ1n) is 10.1. The van der Waals surface area contributed by atoms with E-state index >= 15 is 0 Å². The molecule has 0 spiro atoms. The standard InChI is InChI=1S/C22H29N3O3/c1-4-12-25-20(10-11-23-25)22(27)24-13-6-8-18(15-24)21(26)17-7-5-9-19(14-17)28-16(2)3/h5,7,9-11,14,16,18H,4,6,8,12-13,15H2,1-3H3. The number of likely N-dealkylation sites (tertiary alicyclic amines) is 1. The molecule has 1 fully saturated rings. The van der Waals surface area contributed by atoms with Gasteiger partial charge in [0, 0.05) is 37.3 Å². The highest BCUT2D eigenvalue weighted by Crippen LogP contribution is 2.24. The molecule has 1 unspecified atom stereocenters. The van der Waals surface area contributed by atoms with Gasteiger partial charge in [-0.2, -0.15) is 5.10 Å². The van der Waals surface area contributed by atoms with Crippen LogP contribution in [0.4, 0.5) is 0 Å². The molecule has 3 rings (SSSR count). The molecule has 0 N–H and O–H groups in total. The van der Waals surface area contributed by atoms with Gasteiger partial charge in [0.05, 0.1) is 6.10 Å². The monoisotopic (exact) mass is 383 g/mol. The van der Waals surface area contributed by atoms with Gasteiger partial charge in [-0.05, 0) is 51.3 Å². The van der Waals surface area contributed by atoms with Crippen molar-refractivity contribution >= 4 is 11.7 Å². The number of Topliss-reactive ketones (excluding diaryl/α,β-unsaturated/α-hetero) is 1. The molecule has 1 aliphatic rings. The third-order valence-corrected chi connectivity index (χ3v) is 4.94. The van der Waals surface area contributed by atoms with Crippen LogP contribution < -0.4 is 4.74 Å². The Morgan fingerprint density at radius 1 is 1.29 bits per heavy atom. The fraction of sp³-hybridized carbons (Fsp3) is 0.500. The minimum absolute atomic E-state index is 0.0414. The Hall–Kier alpha value is -2.63. The summed E-state index contributed by atoms with van der Waals surface area (Å²) in [5.74, 6) is 0.553. The first kappa shape index (κ1) is 20.1. The lowest BCUT2D eigenvalue weighted by molar-refractivity contribution is 0.0626. The molecular formula is C22H29N3O3. The highest BCUT2D eigenvalue weighted by Gasteiger charge is 2.30. The second-order valence-corrected chi connectivity index (χ2v) is 7.59. The summed E-state index contributed by atoms with van der Waals surface area (Å²) in [5.41, 5.74) is 1.25. The number of aryl methyl sites for hydroxylation is 1. The van der Waals surface area contributed by atoms with Gasteiger partial charge in [-0.1, -0.05) is 19.1 Å². The Morgan fingerprint density at radius 3 is 2.86 bits per heavy atom. The lowest BCUT2D eigenvalue weighted by Gasteiger charge is -2.32. The molecule has 0 bridgehead atoms. The molecular weight excluding hydrogens is 354 g/mol. The maximum atomic E-state index is 13.1. The second-order valence-electron chi connectivity index (χ2n) is 7.59. The van der Waals surface area contributed by atoms with Gasteiger partial charge in [-0.25, -0.2) is 0 Å². The number of piperidine rings is 1. The lowest BCUT2D eigenvalue weighted by atomic mass is 9.89. The Morgan fingerprint density at radius 2 is 2.11 bits per heavy atom. The first-order valence-corrected chi connectivity index (χ1v) is 10.1. The van der Waals surface area contributed by atoms with Gasteiger partial charge in [-0.15, -0.1) is 0 Å². The zero-order chi connectivity index (χ0) is 20.1. The molecule has 0 radical (unpaired) electrons. The average Bonchev–Trinajstić information content (AvgIpc) is 3.15. The van der Waals surface area contributed by atoms with Crippen molar-refractivity contribution in [3.05, 3.63) is 47.8 Å². The number of aromatic nitrogens is 2. The van der Waals surface area contributed by atoms with Crippen LogP contribution in [0.1, 0.15) is 60.9 Å². The topological polar surface area (TPSA) is 64.4 Å². The summed E-state index contributed by atoms with van der Waals surface area (Å²) < 4.78 is 7.46. The number of carbonyl (C=O) groups is 2. The number of benzene rings is 1. The summed E-state index contributed by atoms with van der Waals surface area (Å²) in [7, 11) is 0. The van der Waals surface area contributed by atoms with Crippen molar-refractivity contribution in [2.24, 2.45) is 5.92 Å². The maximum absolute atomic E-state index is 13.1. The smallest absolute Gasteiger partial charge is 0.272 e. The number of amides is 1. The van der Waals surface area contributed by atoms with Crippen LogP contribution >= 0.6 is 0 Å². The minimum Gasteiger partial charge on any atom is -0.491 e. The maximum Gasteiger partial charge on any atom is 0.272 e. The summed E-state index contributed by atoms with van der Waals surface area (Å²) >= 11 is 0. The third kappa shape index (κ3) is 4.61. The number of nitrogens with zero attached hydrogens (tertiary/aromatic N) is 3. The summed E-state index contributed by atoms with van der Waals surface area (Å²) in [6, 6.07) is 9.10. The molecule has 0 saturated carbocycles. The first-order chi connectivity index (χ1) is 13.5. The summed E-state index contributed by atoms with van der Waals surface area (Å²) in [4.78, 5) is 27.8. The van der Waals surface area contributed by atoms with E-state index in [2.05, 4.69) is 12.0 Å². The van der Waals surface area contributed by atoms with Crippen molar-refractivity contribution in [2.75, 3.05) is 13.1 Å². The number of carbonyl (C=O) groups excluding carboxylic acids is 2. The Kier molecular flexibility index (Phi) is 6.49. The van der Waals surface area contributed by atoms with Crippen molar-refractivity contribution in [1.29, 1.82) is 0 Å². The van der Waals surface area contributed by atoms with Gasteiger partial charge < -0.3 is 9.64 Å². The van der Waals surface area contributed by atoms with Gasteiger partial charge in [0.25, 0.3) is 5.91 Å². The molecule has 1 saturated heterocycles. The van der Waals surface area contributed by atoms with Gasteiger partial charge in [0.2, 0.25) is 0 Å². The highest BCUT2D eigenvalue weighted by atomic mass is 16.5. The van der Waals surface area contributed by atoms with E-state index in [-0.39, 0.29) is 23.7 Å². The van der Waals surface area contributed by atoms with Crippen LogP contribution in [0.3, 0.4) is 0 Å². The van der Waals surface area contributed by atoms with E-state index in [0.717, 1.165) is 19.3 Å². The van der Waals surface area contributed by atoms with Crippen molar-refractivity contribution < 1.29 is 14.3 Å². The Balaban J connectivity index is 1.71. The summed E-state index contributed by atoms with van der Waals surface area (Å²) in [6.07, 6.45) is 4.26. The molecule has 1 aliphatic heterocycles. The van der Waals surface area contributed by atoms with Crippen LogP contribution in [0.25, 0.3) is 0 Å². The molecule has 1 aromatic heterocycles. The molecule has 150 valence electrons. The van der Waals surface area contributed by atoms with Crippen molar-refractivity contribution in [1.82, 2.24) is 14.7 Å². The van der Waals surface area contributed by atoms with Crippen molar-refractivity contribution in [2.45, 2.75) is 52.7 Å². The third-order valence-electron chi connectivity index (χ3n) is 4.94. The van der Waals surface area contributed by atoms with E-state index in [9.17, 15) is 9.59 Å². The summed E-state index contributed by atoms with van der Waals surface area (Å²) in [6.45, 7) is 7.82. The highest BCUT2D eigenvalue weighted by molar-refractivity contribution is 5.99. The molecule has 28 heavy (non-hydrogen) atoms. The molecule has 6 nitrogen and oxygen atoms in total. The Labute approximate surface area is 166 Å². The fourth-order valence-corrected chi connectivity index (χ4v) is 3.67. The predicted molar refractivity (Wildman–Crippen MR) is 108 cm³/mol. The normalized spacial score (nSPS) is 17.0. The van der Waals surface area contributed by atoms with Crippen LogP contribution in [-0.2, 0) is 6.54 Å². The molecule has 1 amide bonds. The Bertz CT molecular complexity index is 828. The van der Waals surface area contributed by atoms with Crippen LogP contribution in [0.5, 0.6) is 5.75 Å². The van der Waals surface area contributed by atoms with E-state index in [1.807, 2.05) is 32.0 Å². The molecule has 1 aromatic carbocycles. The van der Waals surface area contributed by atoms with E-state index in [0.29, 0.717) is 36.6 Å². The van der Waals surface area contributed by atoms with E-state index in [1.165, 1.54) is 0 Å². The largest absolute Gasteiger partial charge is 0.491 e. The molecule has 2 aromatic rings. The molecule has 0 aliphatic carbocycles. The number of hydrogen-bond donors (Lipinski definition) is 0. The quantitative estimate of drug-likeness (QED) is 0.682. The lowest BCUT2D eigenvalue weighted by Crippen LogP contribution is -2.43. The number of rotatable bonds is 7. The molecule has 1 atom stereocenters. The van der Waals surface area contributed by atoms with Crippen LogP contribution in [-0.4, -0.2) is 45.6 Å².